The summed E-state index contributed by atoms with van der Waals surface area (Å²) in [4.78, 5) is 37.2. The van der Waals surface area contributed by atoms with Gasteiger partial charge in [0.25, 0.3) is 0 Å². The van der Waals surface area contributed by atoms with Crippen LogP contribution in [0.25, 0.3) is 11.1 Å². The Morgan fingerprint density at radius 2 is 1.62 bits per heavy atom. The highest BCUT2D eigenvalue weighted by atomic mass is 16.2. The molecule has 2 heterocycles. The highest BCUT2D eigenvalue weighted by molar-refractivity contribution is 6.23. The average molecular weight is 349 g/mol. The fourth-order valence-corrected chi connectivity index (χ4v) is 3.58. The Hall–Kier alpha value is -2.99. The van der Waals surface area contributed by atoms with E-state index in [-0.39, 0.29) is 17.7 Å². The van der Waals surface area contributed by atoms with E-state index in [9.17, 15) is 14.4 Å². The second-order valence-corrected chi connectivity index (χ2v) is 6.65. The van der Waals surface area contributed by atoms with Crippen molar-refractivity contribution in [3.8, 4) is 11.1 Å². The standard InChI is InChI=1S/C20H19N3O3/c24-18-15-10-21-11-16(15)23-20(26)17(18)19(25)22-14-8-6-13(7-9-14)12-4-2-1-3-5-12/h1-9,15-17,21H,10-11H2,(H,22,25)(H,23,26)/t15-,16-,17?/m1/s1. The van der Waals surface area contributed by atoms with E-state index in [0.717, 1.165) is 11.1 Å². The monoisotopic (exact) mass is 349 g/mol. The van der Waals surface area contributed by atoms with Crippen molar-refractivity contribution in [2.45, 2.75) is 6.04 Å². The fourth-order valence-electron chi connectivity index (χ4n) is 3.58. The lowest BCUT2D eigenvalue weighted by atomic mass is 9.84. The normalized spacial score (nSPS) is 24.7. The van der Waals surface area contributed by atoms with Crippen LogP contribution < -0.4 is 16.0 Å². The molecule has 2 aromatic carbocycles. The molecule has 0 radical (unpaired) electrons. The van der Waals surface area contributed by atoms with Gasteiger partial charge in [-0.05, 0) is 23.3 Å². The summed E-state index contributed by atoms with van der Waals surface area (Å²) in [7, 11) is 0. The van der Waals surface area contributed by atoms with Crippen LogP contribution in [0.2, 0.25) is 0 Å². The van der Waals surface area contributed by atoms with Crippen LogP contribution in [0.4, 0.5) is 5.69 Å². The number of hydrogen-bond donors (Lipinski definition) is 3. The number of nitrogens with one attached hydrogen (secondary N) is 3. The lowest BCUT2D eigenvalue weighted by Gasteiger charge is -2.29. The number of carbonyl (C=O) groups is 3. The van der Waals surface area contributed by atoms with E-state index in [0.29, 0.717) is 18.8 Å². The summed E-state index contributed by atoms with van der Waals surface area (Å²) in [6.45, 7) is 1.07. The number of amides is 2. The summed E-state index contributed by atoms with van der Waals surface area (Å²) < 4.78 is 0. The number of benzene rings is 2. The Labute approximate surface area is 151 Å². The molecule has 2 amide bonds. The molecule has 2 aliphatic heterocycles. The van der Waals surface area contributed by atoms with Gasteiger partial charge in [-0.2, -0.15) is 0 Å². The summed E-state index contributed by atoms with van der Waals surface area (Å²) >= 11 is 0. The molecular formula is C20H19N3O3. The highest BCUT2D eigenvalue weighted by Gasteiger charge is 2.48. The minimum absolute atomic E-state index is 0.204. The zero-order valence-corrected chi connectivity index (χ0v) is 14.1. The lowest BCUT2D eigenvalue weighted by Crippen LogP contribution is -2.57. The van der Waals surface area contributed by atoms with E-state index in [2.05, 4.69) is 16.0 Å². The van der Waals surface area contributed by atoms with E-state index < -0.39 is 17.7 Å². The van der Waals surface area contributed by atoms with Gasteiger partial charge in [-0.25, -0.2) is 0 Å². The molecule has 26 heavy (non-hydrogen) atoms. The van der Waals surface area contributed by atoms with Gasteiger partial charge in [-0.15, -0.1) is 0 Å². The first kappa shape index (κ1) is 16.5. The van der Waals surface area contributed by atoms with Gasteiger partial charge in [-0.3, -0.25) is 14.4 Å². The molecule has 0 aromatic heterocycles. The third kappa shape index (κ3) is 2.99. The third-order valence-electron chi connectivity index (χ3n) is 4.98. The second kappa shape index (κ2) is 6.72. The minimum atomic E-state index is -1.29. The van der Waals surface area contributed by atoms with Crippen molar-refractivity contribution >= 4 is 23.3 Å². The molecule has 2 aliphatic rings. The lowest BCUT2D eigenvalue weighted by molar-refractivity contribution is -0.145. The summed E-state index contributed by atoms with van der Waals surface area (Å²) in [5.74, 6) is -3.01. The third-order valence-corrected chi connectivity index (χ3v) is 4.98. The number of hydrogen-bond acceptors (Lipinski definition) is 4. The van der Waals surface area contributed by atoms with Gasteiger partial charge in [0.2, 0.25) is 11.8 Å². The molecule has 0 saturated carbocycles. The maximum absolute atomic E-state index is 12.5. The van der Waals surface area contributed by atoms with Crippen LogP contribution in [0.1, 0.15) is 0 Å². The van der Waals surface area contributed by atoms with Gasteiger partial charge >= 0.3 is 0 Å². The molecular weight excluding hydrogens is 330 g/mol. The Morgan fingerprint density at radius 3 is 2.35 bits per heavy atom. The number of carbonyl (C=O) groups excluding carboxylic acids is 3. The van der Waals surface area contributed by atoms with Crippen molar-refractivity contribution in [3.05, 3.63) is 54.6 Å². The topological polar surface area (TPSA) is 87.3 Å². The number of anilines is 1. The second-order valence-electron chi connectivity index (χ2n) is 6.65. The zero-order valence-electron chi connectivity index (χ0n) is 14.1. The number of rotatable bonds is 3. The molecule has 3 atom stereocenters. The molecule has 0 aliphatic carbocycles. The maximum atomic E-state index is 12.5. The SMILES string of the molecule is O=C(Nc1ccc(-c2ccccc2)cc1)C1C(=O)N[C@@H]2CNC[C@H]2C1=O. The van der Waals surface area contributed by atoms with Crippen molar-refractivity contribution < 1.29 is 14.4 Å². The fraction of sp³-hybridized carbons (Fsp3) is 0.250. The van der Waals surface area contributed by atoms with Gasteiger partial charge in [-0.1, -0.05) is 42.5 Å². The van der Waals surface area contributed by atoms with E-state index in [1.54, 1.807) is 12.1 Å². The molecule has 1 unspecified atom stereocenters. The Kier molecular flexibility index (Phi) is 4.26. The van der Waals surface area contributed by atoms with Crippen molar-refractivity contribution in [1.29, 1.82) is 0 Å². The van der Waals surface area contributed by atoms with E-state index in [4.69, 9.17) is 0 Å². The largest absolute Gasteiger partial charge is 0.350 e. The number of fused-ring (bicyclic) bond motifs is 1. The van der Waals surface area contributed by atoms with Crippen LogP contribution in [0.5, 0.6) is 0 Å². The average Bonchev–Trinajstić information content (AvgIpc) is 3.12. The molecule has 0 spiro atoms. The number of Topliss-reactive ketones (excluding diaryl/α,β-unsaturated/α-hetero) is 1. The van der Waals surface area contributed by atoms with Crippen LogP contribution >= 0.6 is 0 Å². The molecule has 4 rings (SSSR count). The van der Waals surface area contributed by atoms with Crippen LogP contribution in [-0.2, 0) is 14.4 Å². The van der Waals surface area contributed by atoms with Crippen LogP contribution in [0.15, 0.2) is 54.6 Å². The molecule has 3 N–H and O–H groups in total. The highest BCUT2D eigenvalue weighted by Crippen LogP contribution is 2.24. The van der Waals surface area contributed by atoms with E-state index in [1.807, 2.05) is 42.5 Å². The Bertz CT molecular complexity index is 848. The number of piperidine rings is 1. The predicted octanol–water partition coefficient (Wildman–Crippen LogP) is 1.20. The molecule has 132 valence electrons. The number of ketones is 1. The molecule has 2 fully saturated rings. The maximum Gasteiger partial charge on any atom is 0.244 e. The molecule has 0 bridgehead atoms. The van der Waals surface area contributed by atoms with E-state index in [1.165, 1.54) is 0 Å². The predicted molar refractivity (Wildman–Crippen MR) is 97.3 cm³/mol. The van der Waals surface area contributed by atoms with Gasteiger partial charge in [0.05, 0.1) is 12.0 Å². The Morgan fingerprint density at radius 1 is 0.923 bits per heavy atom. The van der Waals surface area contributed by atoms with Gasteiger partial charge in [0.15, 0.2) is 11.7 Å². The van der Waals surface area contributed by atoms with Crippen LogP contribution in [0.3, 0.4) is 0 Å². The summed E-state index contributed by atoms with van der Waals surface area (Å²) in [6, 6.07) is 17.0. The van der Waals surface area contributed by atoms with Gasteiger partial charge in [0.1, 0.15) is 0 Å². The van der Waals surface area contributed by atoms with E-state index >= 15 is 0 Å². The summed E-state index contributed by atoms with van der Waals surface area (Å²) in [5, 5.41) is 8.54. The molecule has 2 saturated heterocycles. The van der Waals surface area contributed by atoms with Crippen LogP contribution in [-0.4, -0.2) is 36.7 Å². The summed E-state index contributed by atoms with van der Waals surface area (Å²) in [5.41, 5.74) is 2.66. The molecule has 6 heteroatoms. The first-order chi connectivity index (χ1) is 12.6. The van der Waals surface area contributed by atoms with Crippen LogP contribution in [0, 0.1) is 11.8 Å². The Balaban J connectivity index is 1.47. The first-order valence-corrected chi connectivity index (χ1v) is 8.64. The zero-order chi connectivity index (χ0) is 18.1. The van der Waals surface area contributed by atoms with Crippen molar-refractivity contribution in [3.63, 3.8) is 0 Å². The van der Waals surface area contributed by atoms with Crippen molar-refractivity contribution in [2.75, 3.05) is 18.4 Å². The van der Waals surface area contributed by atoms with Gasteiger partial charge < -0.3 is 16.0 Å². The smallest absolute Gasteiger partial charge is 0.244 e. The van der Waals surface area contributed by atoms with Crippen molar-refractivity contribution in [2.24, 2.45) is 11.8 Å². The van der Waals surface area contributed by atoms with Crippen molar-refractivity contribution in [1.82, 2.24) is 10.6 Å². The first-order valence-electron chi connectivity index (χ1n) is 8.64. The van der Waals surface area contributed by atoms with Gasteiger partial charge in [0, 0.05) is 18.8 Å². The molecule has 2 aromatic rings. The molecule has 6 nitrogen and oxygen atoms in total. The minimum Gasteiger partial charge on any atom is -0.350 e. The summed E-state index contributed by atoms with van der Waals surface area (Å²) in [6.07, 6.45) is 0. The quantitative estimate of drug-likeness (QED) is 0.727.